The molecule has 96 valence electrons. The van der Waals surface area contributed by atoms with Crippen molar-refractivity contribution in [2.45, 2.75) is 32.1 Å². The van der Waals surface area contributed by atoms with Crippen molar-refractivity contribution >= 4 is 11.8 Å². The average molecular weight is 246 g/mol. The van der Waals surface area contributed by atoms with Crippen molar-refractivity contribution < 1.29 is 14.7 Å². The highest BCUT2D eigenvalue weighted by Gasteiger charge is 2.32. The summed E-state index contributed by atoms with van der Waals surface area (Å²) in [6.45, 7) is 0. The number of carbonyl (C=O) groups excluding carboxylic acids is 1. The maximum absolute atomic E-state index is 12.4. The average Bonchev–Trinajstić information content (AvgIpc) is 2.39. The molecule has 3 nitrogen and oxygen atoms in total. The van der Waals surface area contributed by atoms with Gasteiger partial charge in [-0.05, 0) is 18.8 Å². The Morgan fingerprint density at radius 1 is 1.11 bits per heavy atom. The van der Waals surface area contributed by atoms with Gasteiger partial charge < -0.3 is 5.11 Å². The Balaban J connectivity index is 2.13. The molecule has 0 aliphatic heterocycles. The van der Waals surface area contributed by atoms with Gasteiger partial charge in [0, 0.05) is 17.9 Å². The number of carboxylic acid groups (broad SMARTS) is 1. The lowest BCUT2D eigenvalue weighted by atomic mass is 9.74. The molecule has 0 spiro atoms. The van der Waals surface area contributed by atoms with E-state index in [0.717, 1.165) is 25.7 Å². The molecule has 1 saturated carbocycles. The lowest BCUT2D eigenvalue weighted by molar-refractivity contribution is -0.138. The van der Waals surface area contributed by atoms with E-state index < -0.39 is 5.97 Å². The molecular formula is C15H18O3. The van der Waals surface area contributed by atoms with Crippen LogP contribution < -0.4 is 0 Å². The van der Waals surface area contributed by atoms with Gasteiger partial charge in [0.1, 0.15) is 0 Å². The summed E-state index contributed by atoms with van der Waals surface area (Å²) < 4.78 is 0. The molecule has 0 unspecified atom stereocenters. The summed E-state index contributed by atoms with van der Waals surface area (Å²) in [6.07, 6.45) is 3.86. The number of Topliss-reactive ketones (excluding diaryl/α,β-unsaturated/α-hetero) is 1. The minimum absolute atomic E-state index is 0.00366. The second kappa shape index (κ2) is 5.80. The maximum atomic E-state index is 12.4. The van der Waals surface area contributed by atoms with Gasteiger partial charge in [-0.15, -0.1) is 0 Å². The number of hydrogen-bond acceptors (Lipinski definition) is 2. The summed E-state index contributed by atoms with van der Waals surface area (Å²) in [6, 6.07) is 9.21. The Morgan fingerprint density at radius 3 is 2.44 bits per heavy atom. The van der Waals surface area contributed by atoms with Crippen LogP contribution in [0.4, 0.5) is 0 Å². The summed E-state index contributed by atoms with van der Waals surface area (Å²) >= 11 is 0. The van der Waals surface area contributed by atoms with E-state index in [-0.39, 0.29) is 24.0 Å². The van der Waals surface area contributed by atoms with Crippen LogP contribution in [-0.2, 0) is 4.79 Å². The van der Waals surface area contributed by atoms with Crippen LogP contribution in [0, 0.1) is 11.8 Å². The Morgan fingerprint density at radius 2 is 1.78 bits per heavy atom. The number of carboxylic acids is 1. The Labute approximate surface area is 107 Å². The predicted octanol–water partition coefficient (Wildman–Crippen LogP) is 3.15. The molecule has 0 aromatic heterocycles. The summed E-state index contributed by atoms with van der Waals surface area (Å²) in [5.74, 6) is -0.796. The number of benzene rings is 1. The molecule has 2 rings (SSSR count). The van der Waals surface area contributed by atoms with Gasteiger partial charge in [-0.1, -0.05) is 43.2 Å². The van der Waals surface area contributed by atoms with E-state index in [9.17, 15) is 9.59 Å². The normalized spacial score (nSPS) is 23.6. The third-order valence-corrected chi connectivity index (χ3v) is 3.74. The molecule has 2 atom stereocenters. The predicted molar refractivity (Wildman–Crippen MR) is 68.5 cm³/mol. The van der Waals surface area contributed by atoms with Gasteiger partial charge in [0.2, 0.25) is 0 Å². The van der Waals surface area contributed by atoms with E-state index in [2.05, 4.69) is 0 Å². The zero-order valence-corrected chi connectivity index (χ0v) is 10.3. The lowest BCUT2D eigenvalue weighted by Gasteiger charge is -2.29. The highest BCUT2D eigenvalue weighted by atomic mass is 16.4. The third kappa shape index (κ3) is 2.97. The van der Waals surface area contributed by atoms with Crippen LogP contribution in [0.1, 0.15) is 42.5 Å². The van der Waals surface area contributed by atoms with E-state index >= 15 is 0 Å². The zero-order valence-electron chi connectivity index (χ0n) is 10.3. The van der Waals surface area contributed by atoms with E-state index in [1.54, 1.807) is 0 Å². The van der Waals surface area contributed by atoms with Crippen molar-refractivity contribution in [1.29, 1.82) is 0 Å². The first-order valence-electron chi connectivity index (χ1n) is 6.49. The van der Waals surface area contributed by atoms with Gasteiger partial charge in [0.15, 0.2) is 5.78 Å². The number of ketones is 1. The Hall–Kier alpha value is -1.64. The smallest absolute Gasteiger partial charge is 0.303 e. The number of rotatable bonds is 4. The van der Waals surface area contributed by atoms with Crippen LogP contribution >= 0.6 is 0 Å². The molecule has 1 fully saturated rings. The highest BCUT2D eigenvalue weighted by molar-refractivity contribution is 5.98. The second-order valence-electron chi connectivity index (χ2n) is 4.98. The molecule has 0 saturated heterocycles. The number of aliphatic carboxylic acids is 1. The first-order chi connectivity index (χ1) is 8.68. The molecule has 1 aromatic rings. The van der Waals surface area contributed by atoms with E-state index in [4.69, 9.17) is 5.11 Å². The molecular weight excluding hydrogens is 228 g/mol. The van der Waals surface area contributed by atoms with Crippen molar-refractivity contribution in [2.75, 3.05) is 0 Å². The molecule has 0 heterocycles. The molecule has 0 radical (unpaired) electrons. The summed E-state index contributed by atoms with van der Waals surface area (Å²) in [5.41, 5.74) is 0.708. The topological polar surface area (TPSA) is 54.4 Å². The minimum Gasteiger partial charge on any atom is -0.481 e. The first kappa shape index (κ1) is 12.8. The van der Waals surface area contributed by atoms with Gasteiger partial charge in [0.25, 0.3) is 0 Å². The monoisotopic (exact) mass is 246 g/mol. The molecule has 1 aliphatic rings. The summed E-state index contributed by atoms with van der Waals surface area (Å²) in [5, 5.41) is 8.92. The van der Waals surface area contributed by atoms with Crippen molar-refractivity contribution in [2.24, 2.45) is 11.8 Å². The van der Waals surface area contributed by atoms with Crippen LogP contribution in [-0.4, -0.2) is 16.9 Å². The standard InChI is InChI=1S/C15H18O3/c16-14(17)10-12-8-4-5-9-13(12)15(18)11-6-2-1-3-7-11/h1-3,6-7,12-13H,4-5,8-10H2,(H,16,17)/t12-,13+/m1/s1. The van der Waals surface area contributed by atoms with Crippen molar-refractivity contribution in [1.82, 2.24) is 0 Å². The Bertz CT molecular complexity index is 425. The van der Waals surface area contributed by atoms with Gasteiger partial charge in [-0.25, -0.2) is 0 Å². The van der Waals surface area contributed by atoms with Crippen LogP contribution in [0.2, 0.25) is 0 Å². The Kier molecular flexibility index (Phi) is 4.13. The molecule has 18 heavy (non-hydrogen) atoms. The van der Waals surface area contributed by atoms with Gasteiger partial charge in [-0.2, -0.15) is 0 Å². The lowest BCUT2D eigenvalue weighted by Crippen LogP contribution is -2.29. The molecule has 3 heteroatoms. The molecule has 0 bridgehead atoms. The number of carbonyl (C=O) groups is 2. The van der Waals surface area contributed by atoms with Gasteiger partial charge in [-0.3, -0.25) is 9.59 Å². The summed E-state index contributed by atoms with van der Waals surface area (Å²) in [7, 11) is 0. The van der Waals surface area contributed by atoms with Crippen LogP contribution in [0.5, 0.6) is 0 Å². The van der Waals surface area contributed by atoms with Crippen molar-refractivity contribution in [3.05, 3.63) is 35.9 Å². The SMILES string of the molecule is O=C(O)C[C@H]1CCCC[C@@H]1C(=O)c1ccccc1. The fourth-order valence-corrected chi connectivity index (χ4v) is 2.84. The molecule has 1 N–H and O–H groups in total. The van der Waals surface area contributed by atoms with E-state index in [1.807, 2.05) is 30.3 Å². The van der Waals surface area contributed by atoms with E-state index in [0.29, 0.717) is 5.56 Å². The largest absolute Gasteiger partial charge is 0.481 e. The fourth-order valence-electron chi connectivity index (χ4n) is 2.84. The van der Waals surface area contributed by atoms with Crippen LogP contribution in [0.15, 0.2) is 30.3 Å². The molecule has 0 amide bonds. The molecule has 1 aromatic carbocycles. The van der Waals surface area contributed by atoms with Crippen molar-refractivity contribution in [3.8, 4) is 0 Å². The van der Waals surface area contributed by atoms with Crippen LogP contribution in [0.25, 0.3) is 0 Å². The molecule has 1 aliphatic carbocycles. The van der Waals surface area contributed by atoms with Crippen LogP contribution in [0.3, 0.4) is 0 Å². The third-order valence-electron chi connectivity index (χ3n) is 3.74. The second-order valence-corrected chi connectivity index (χ2v) is 4.98. The van der Waals surface area contributed by atoms with Gasteiger partial charge >= 0.3 is 5.97 Å². The first-order valence-corrected chi connectivity index (χ1v) is 6.49. The highest BCUT2D eigenvalue weighted by Crippen LogP contribution is 2.34. The van der Waals surface area contributed by atoms with Crippen molar-refractivity contribution in [3.63, 3.8) is 0 Å². The van der Waals surface area contributed by atoms with E-state index in [1.165, 1.54) is 0 Å². The summed E-state index contributed by atoms with van der Waals surface area (Å²) in [4.78, 5) is 23.3. The minimum atomic E-state index is -0.798. The quantitative estimate of drug-likeness (QED) is 0.830. The van der Waals surface area contributed by atoms with Gasteiger partial charge in [0.05, 0.1) is 0 Å². The zero-order chi connectivity index (χ0) is 13.0. The number of hydrogen-bond donors (Lipinski definition) is 1. The fraction of sp³-hybridized carbons (Fsp3) is 0.467. The maximum Gasteiger partial charge on any atom is 0.303 e.